The summed E-state index contributed by atoms with van der Waals surface area (Å²) in [5.74, 6) is 0.957. The molecule has 258 valence electrons. The van der Waals surface area contributed by atoms with E-state index in [0.717, 1.165) is 75.0 Å². The van der Waals surface area contributed by atoms with Crippen LogP contribution in [-0.4, -0.2) is 78.5 Å². The third-order valence-electron chi connectivity index (χ3n) is 8.93. The van der Waals surface area contributed by atoms with Gasteiger partial charge in [-0.25, -0.2) is 4.79 Å². The summed E-state index contributed by atoms with van der Waals surface area (Å²) in [6.45, 7) is 13.2. The third-order valence-corrected chi connectivity index (χ3v) is 8.93. The number of carbonyl (C=O) groups is 3. The van der Waals surface area contributed by atoms with E-state index in [1.807, 2.05) is 73.3 Å². The van der Waals surface area contributed by atoms with Crippen LogP contribution in [-0.2, 0) is 22.6 Å². The molecule has 2 aromatic rings. The summed E-state index contributed by atoms with van der Waals surface area (Å²) in [5, 5.41) is 9.33. The van der Waals surface area contributed by atoms with Crippen LogP contribution >= 0.6 is 0 Å². The predicted octanol–water partition coefficient (Wildman–Crippen LogP) is 5.53. The molecule has 0 spiro atoms. The molecular weight excluding hydrogens is 590 g/mol. The number of nitrogens with one attached hydrogen (secondary N) is 3. The standard InChI is InChI=1S/C38H57N5O4/c1-28(2)23-34(41-38(46)43-21-10-5-6-11-22-43)37(45)40-35(36(44)39-32-15-12-20-42(26-32)25-29(3)4)24-30-16-18-33(19-17-30)47-27-31-13-8-7-9-14-31/h7-9,13-14,16-19,28-29,32,34-35H,5-6,10-12,15,20-27H2,1-4H3,(H,39,44)(H,40,45)(H,41,46)/t32?,34-,35-/m0/s1. The van der Waals surface area contributed by atoms with Crippen LogP contribution in [0.3, 0.4) is 0 Å². The highest BCUT2D eigenvalue weighted by Gasteiger charge is 2.31. The number of likely N-dealkylation sites (tertiary alicyclic amines) is 2. The maximum Gasteiger partial charge on any atom is 0.318 e. The molecule has 0 aliphatic carbocycles. The first-order valence-corrected chi connectivity index (χ1v) is 17.8. The molecule has 3 atom stereocenters. The molecule has 2 aliphatic heterocycles. The van der Waals surface area contributed by atoms with Crippen molar-refractivity contribution in [1.82, 2.24) is 25.8 Å². The molecule has 0 aromatic heterocycles. The fourth-order valence-electron chi connectivity index (χ4n) is 6.55. The van der Waals surface area contributed by atoms with Crippen molar-refractivity contribution in [2.45, 2.75) is 104 Å². The van der Waals surface area contributed by atoms with Gasteiger partial charge in [0.05, 0.1) is 0 Å². The van der Waals surface area contributed by atoms with E-state index < -0.39 is 12.1 Å². The van der Waals surface area contributed by atoms with E-state index in [1.54, 1.807) is 0 Å². The van der Waals surface area contributed by atoms with Gasteiger partial charge in [0.25, 0.3) is 0 Å². The molecule has 47 heavy (non-hydrogen) atoms. The maximum absolute atomic E-state index is 13.9. The number of amides is 4. The van der Waals surface area contributed by atoms with Crippen LogP contribution in [0.4, 0.5) is 4.79 Å². The Balaban J connectivity index is 1.45. The smallest absolute Gasteiger partial charge is 0.318 e. The van der Waals surface area contributed by atoms with E-state index in [1.165, 1.54) is 0 Å². The molecule has 3 N–H and O–H groups in total. The molecule has 0 bridgehead atoms. The zero-order chi connectivity index (χ0) is 33.6. The van der Waals surface area contributed by atoms with Gasteiger partial charge in [0.1, 0.15) is 24.4 Å². The first kappa shape index (κ1) is 36.2. The Morgan fingerprint density at radius 2 is 1.47 bits per heavy atom. The van der Waals surface area contributed by atoms with Crippen molar-refractivity contribution < 1.29 is 19.1 Å². The number of urea groups is 1. The van der Waals surface area contributed by atoms with E-state index in [-0.39, 0.29) is 29.8 Å². The number of rotatable bonds is 14. The monoisotopic (exact) mass is 647 g/mol. The summed E-state index contributed by atoms with van der Waals surface area (Å²) < 4.78 is 5.97. The normalized spacial score (nSPS) is 18.7. The number of ether oxygens (including phenoxy) is 1. The van der Waals surface area contributed by atoms with E-state index in [2.05, 4.69) is 34.7 Å². The lowest BCUT2D eigenvalue weighted by Gasteiger charge is -2.35. The van der Waals surface area contributed by atoms with Crippen LogP contribution in [0.15, 0.2) is 54.6 Å². The van der Waals surface area contributed by atoms with Crippen LogP contribution in [0.25, 0.3) is 0 Å². The van der Waals surface area contributed by atoms with Crippen molar-refractivity contribution in [2.75, 3.05) is 32.7 Å². The number of hydrogen-bond acceptors (Lipinski definition) is 5. The molecule has 1 unspecified atom stereocenters. The second-order valence-corrected chi connectivity index (χ2v) is 14.2. The fraction of sp³-hybridized carbons (Fsp3) is 0.605. The fourth-order valence-corrected chi connectivity index (χ4v) is 6.55. The average Bonchev–Trinajstić information content (AvgIpc) is 3.34. The number of benzene rings is 2. The van der Waals surface area contributed by atoms with Gasteiger partial charge in [0.15, 0.2) is 0 Å². The van der Waals surface area contributed by atoms with Crippen LogP contribution in [0.2, 0.25) is 0 Å². The van der Waals surface area contributed by atoms with Crippen molar-refractivity contribution in [1.29, 1.82) is 0 Å². The average molecular weight is 648 g/mol. The molecule has 2 heterocycles. The Morgan fingerprint density at radius 1 is 0.766 bits per heavy atom. The Hall–Kier alpha value is -3.59. The number of hydrogen-bond donors (Lipinski definition) is 3. The second-order valence-electron chi connectivity index (χ2n) is 14.2. The van der Waals surface area contributed by atoms with Crippen molar-refractivity contribution >= 4 is 17.8 Å². The first-order valence-electron chi connectivity index (χ1n) is 17.8. The molecular formula is C38H57N5O4. The summed E-state index contributed by atoms with van der Waals surface area (Å²) in [7, 11) is 0. The number of piperidine rings is 1. The van der Waals surface area contributed by atoms with E-state index in [0.29, 0.717) is 38.5 Å². The molecule has 2 fully saturated rings. The third kappa shape index (κ3) is 12.5. The molecule has 0 radical (unpaired) electrons. The molecule has 0 saturated carbocycles. The first-order chi connectivity index (χ1) is 22.7. The quantitative estimate of drug-likeness (QED) is 0.250. The molecule has 2 aromatic carbocycles. The van der Waals surface area contributed by atoms with Crippen molar-refractivity contribution in [2.24, 2.45) is 11.8 Å². The van der Waals surface area contributed by atoms with Gasteiger partial charge in [-0.15, -0.1) is 0 Å². The van der Waals surface area contributed by atoms with Crippen molar-refractivity contribution in [3.8, 4) is 5.75 Å². The summed E-state index contributed by atoms with van der Waals surface area (Å²) in [6.07, 6.45) is 6.94. The summed E-state index contributed by atoms with van der Waals surface area (Å²) in [5.41, 5.74) is 2.00. The maximum atomic E-state index is 13.9. The van der Waals surface area contributed by atoms with Crippen LogP contribution < -0.4 is 20.7 Å². The van der Waals surface area contributed by atoms with E-state index >= 15 is 0 Å². The van der Waals surface area contributed by atoms with Gasteiger partial charge < -0.3 is 30.5 Å². The highest BCUT2D eigenvalue weighted by molar-refractivity contribution is 5.92. The highest BCUT2D eigenvalue weighted by atomic mass is 16.5. The lowest BCUT2D eigenvalue weighted by molar-refractivity contribution is -0.130. The van der Waals surface area contributed by atoms with Gasteiger partial charge in [-0.2, -0.15) is 0 Å². The minimum atomic E-state index is -0.788. The molecule has 9 nitrogen and oxygen atoms in total. The Bertz CT molecular complexity index is 1240. The lowest BCUT2D eigenvalue weighted by Crippen LogP contribution is -2.58. The van der Waals surface area contributed by atoms with Gasteiger partial charge in [0, 0.05) is 38.6 Å². The summed E-state index contributed by atoms with van der Waals surface area (Å²) >= 11 is 0. The summed E-state index contributed by atoms with van der Waals surface area (Å²) in [6, 6.07) is 16.0. The Labute approximate surface area is 282 Å². The summed E-state index contributed by atoms with van der Waals surface area (Å²) in [4.78, 5) is 45.2. The highest BCUT2D eigenvalue weighted by Crippen LogP contribution is 2.18. The van der Waals surface area contributed by atoms with Gasteiger partial charge in [-0.1, -0.05) is 83.0 Å². The molecule has 2 aliphatic rings. The Kier molecular flexibility index (Phi) is 14.4. The molecule has 9 heteroatoms. The largest absolute Gasteiger partial charge is 0.489 e. The van der Waals surface area contributed by atoms with Crippen molar-refractivity contribution in [3.63, 3.8) is 0 Å². The molecule has 4 rings (SSSR count). The van der Waals surface area contributed by atoms with Gasteiger partial charge in [-0.3, -0.25) is 9.59 Å². The zero-order valence-corrected chi connectivity index (χ0v) is 29.0. The predicted molar refractivity (Wildman–Crippen MR) is 187 cm³/mol. The van der Waals surface area contributed by atoms with E-state index in [4.69, 9.17) is 4.74 Å². The topological polar surface area (TPSA) is 103 Å². The van der Waals surface area contributed by atoms with Crippen LogP contribution in [0.5, 0.6) is 5.75 Å². The minimum absolute atomic E-state index is 0.0253. The van der Waals surface area contributed by atoms with Gasteiger partial charge in [-0.05, 0) is 73.7 Å². The van der Waals surface area contributed by atoms with Crippen molar-refractivity contribution in [3.05, 3.63) is 65.7 Å². The minimum Gasteiger partial charge on any atom is -0.489 e. The second kappa shape index (κ2) is 18.7. The number of nitrogens with zero attached hydrogens (tertiary/aromatic N) is 2. The number of carbonyl (C=O) groups excluding carboxylic acids is 3. The van der Waals surface area contributed by atoms with Gasteiger partial charge >= 0.3 is 6.03 Å². The van der Waals surface area contributed by atoms with Crippen LogP contribution in [0, 0.1) is 11.8 Å². The van der Waals surface area contributed by atoms with E-state index in [9.17, 15) is 14.4 Å². The lowest BCUT2D eigenvalue weighted by atomic mass is 10.00. The van der Waals surface area contributed by atoms with Gasteiger partial charge in [0.2, 0.25) is 11.8 Å². The zero-order valence-electron chi connectivity index (χ0n) is 29.0. The molecule has 4 amide bonds. The molecule has 2 saturated heterocycles. The van der Waals surface area contributed by atoms with Crippen LogP contribution in [0.1, 0.15) is 83.8 Å². The Morgan fingerprint density at radius 3 is 2.13 bits per heavy atom. The SMILES string of the molecule is CC(C)C[C@H](NC(=O)N1CCCCCC1)C(=O)N[C@@H](Cc1ccc(OCc2ccccc2)cc1)C(=O)NC1CCCN(CC(C)C)C1.